The Labute approximate surface area is 144 Å². The zero-order chi connectivity index (χ0) is 15.2. The first-order valence-electron chi connectivity index (χ1n) is 7.25. The third-order valence-corrected chi connectivity index (χ3v) is 6.08. The van der Waals surface area contributed by atoms with Crippen LogP contribution in [0, 0.1) is 11.3 Å². The molecule has 3 aromatic rings. The smallest absolute Gasteiger partial charge is 0.0669 e. The fraction of sp³-hybridized carbons (Fsp3) is 0.0500. The van der Waals surface area contributed by atoms with Gasteiger partial charge in [-0.1, -0.05) is 84.9 Å². The van der Waals surface area contributed by atoms with Gasteiger partial charge in [-0.2, -0.15) is 5.26 Å². The van der Waals surface area contributed by atoms with Gasteiger partial charge in [-0.05, 0) is 29.4 Å². The molecule has 3 aromatic carbocycles. The average molecular weight is 338 g/mol. The van der Waals surface area contributed by atoms with E-state index in [1.54, 1.807) is 0 Å². The van der Waals surface area contributed by atoms with Gasteiger partial charge in [-0.15, -0.1) is 12.4 Å². The summed E-state index contributed by atoms with van der Waals surface area (Å²) in [6, 6.07) is 31.8. The molecule has 0 aliphatic rings. The highest BCUT2D eigenvalue weighted by atomic mass is 35.5. The fourth-order valence-electron chi connectivity index (χ4n) is 2.55. The summed E-state index contributed by atoms with van der Waals surface area (Å²) in [6.45, 7) is 0. The lowest BCUT2D eigenvalue weighted by atomic mass is 10.2. The van der Waals surface area contributed by atoms with E-state index in [1.807, 2.05) is 18.2 Å². The van der Waals surface area contributed by atoms with Gasteiger partial charge in [-0.25, -0.2) is 0 Å². The van der Waals surface area contributed by atoms with Crippen molar-refractivity contribution in [2.75, 3.05) is 0 Å². The third kappa shape index (κ3) is 3.99. The minimum absolute atomic E-state index is 0. The predicted octanol–water partition coefficient (Wildman–Crippen LogP) is 3.93. The van der Waals surface area contributed by atoms with Crippen molar-refractivity contribution in [1.82, 2.24) is 0 Å². The predicted molar refractivity (Wildman–Crippen MR) is 102 cm³/mol. The van der Waals surface area contributed by atoms with Crippen molar-refractivity contribution in [2.24, 2.45) is 0 Å². The van der Waals surface area contributed by atoms with Gasteiger partial charge in [0.15, 0.2) is 0 Å². The number of nitriles is 1. The second-order valence-electron chi connectivity index (χ2n) is 4.97. The molecule has 0 atom stereocenters. The van der Waals surface area contributed by atoms with E-state index in [4.69, 9.17) is 5.26 Å². The van der Waals surface area contributed by atoms with Gasteiger partial charge in [-0.3, -0.25) is 0 Å². The van der Waals surface area contributed by atoms with Crippen molar-refractivity contribution < 1.29 is 0 Å². The van der Waals surface area contributed by atoms with Gasteiger partial charge < -0.3 is 0 Å². The highest BCUT2D eigenvalue weighted by molar-refractivity contribution is 7.79. The van der Waals surface area contributed by atoms with Gasteiger partial charge in [0.05, 0.1) is 12.5 Å². The maximum absolute atomic E-state index is 9.12. The van der Waals surface area contributed by atoms with Gasteiger partial charge in [0.25, 0.3) is 0 Å². The minimum Gasteiger partial charge on any atom is -0.198 e. The Bertz CT molecular complexity index is 742. The number of benzene rings is 3. The quantitative estimate of drug-likeness (QED) is 0.662. The van der Waals surface area contributed by atoms with Crippen molar-refractivity contribution in [3.8, 4) is 6.07 Å². The Morgan fingerprint density at radius 1 is 0.696 bits per heavy atom. The summed E-state index contributed by atoms with van der Waals surface area (Å²) in [5.74, 6) is 0. The number of nitrogens with zero attached hydrogens (tertiary/aromatic N) is 1. The summed E-state index contributed by atoms with van der Waals surface area (Å²) >= 11 is 0. The normalized spacial score (nSPS) is 9.91. The van der Waals surface area contributed by atoms with Crippen LogP contribution in [0.15, 0.2) is 84.9 Å². The van der Waals surface area contributed by atoms with E-state index in [9.17, 15) is 0 Å². The molecule has 0 saturated carbocycles. The summed E-state index contributed by atoms with van der Waals surface area (Å²) in [5, 5.41) is 13.0. The van der Waals surface area contributed by atoms with E-state index >= 15 is 0 Å². The zero-order valence-electron chi connectivity index (χ0n) is 12.6. The van der Waals surface area contributed by atoms with Crippen LogP contribution in [0.5, 0.6) is 0 Å². The van der Waals surface area contributed by atoms with Crippen molar-refractivity contribution in [3.05, 3.63) is 90.5 Å². The number of hydrogen-bond acceptors (Lipinski definition) is 1. The summed E-state index contributed by atoms with van der Waals surface area (Å²) in [6.07, 6.45) is 0.453. The van der Waals surface area contributed by atoms with Crippen LogP contribution in [0.3, 0.4) is 0 Å². The number of hydrogen-bond donors (Lipinski definition) is 0. The van der Waals surface area contributed by atoms with E-state index in [0.29, 0.717) is 6.42 Å². The van der Waals surface area contributed by atoms with E-state index < -0.39 is 7.92 Å². The second kappa shape index (κ2) is 8.49. The Kier molecular flexibility index (Phi) is 6.36. The third-order valence-electron chi connectivity index (χ3n) is 3.53. The van der Waals surface area contributed by atoms with Gasteiger partial charge >= 0.3 is 0 Å². The second-order valence-corrected chi connectivity index (χ2v) is 7.16. The van der Waals surface area contributed by atoms with Gasteiger partial charge in [0, 0.05) is 0 Å². The van der Waals surface area contributed by atoms with Crippen molar-refractivity contribution in [2.45, 2.75) is 6.42 Å². The topological polar surface area (TPSA) is 23.8 Å². The first-order chi connectivity index (χ1) is 10.9. The van der Waals surface area contributed by atoms with Crippen LogP contribution >= 0.6 is 20.3 Å². The van der Waals surface area contributed by atoms with E-state index in [2.05, 4.69) is 72.8 Å². The molecule has 0 bridgehead atoms. The van der Waals surface area contributed by atoms with Crippen molar-refractivity contribution >= 4 is 36.2 Å². The molecule has 3 rings (SSSR count). The molecule has 1 nitrogen and oxygen atoms in total. The van der Waals surface area contributed by atoms with Crippen LogP contribution in [0.4, 0.5) is 0 Å². The lowest BCUT2D eigenvalue weighted by Crippen LogP contribution is -2.23. The van der Waals surface area contributed by atoms with Gasteiger partial charge in [0.2, 0.25) is 0 Å². The number of halogens is 1. The molecular formula is C20H17ClNP. The summed E-state index contributed by atoms with van der Waals surface area (Å²) in [5.41, 5.74) is 1.13. The SMILES string of the molecule is Cl.N#CCc1ccccc1P(c1ccccc1)c1ccccc1. The lowest BCUT2D eigenvalue weighted by molar-refractivity contribution is 1.28. The molecule has 3 heteroatoms. The Hall–Kier alpha value is -2.13. The average Bonchev–Trinajstić information content (AvgIpc) is 2.59. The van der Waals surface area contributed by atoms with Gasteiger partial charge in [0.1, 0.15) is 0 Å². The molecule has 0 heterocycles. The molecule has 0 spiro atoms. The highest BCUT2D eigenvalue weighted by Crippen LogP contribution is 2.33. The van der Waals surface area contributed by atoms with Crippen LogP contribution < -0.4 is 15.9 Å². The van der Waals surface area contributed by atoms with Crippen molar-refractivity contribution in [3.63, 3.8) is 0 Å². The van der Waals surface area contributed by atoms with E-state index in [0.717, 1.165) is 5.56 Å². The largest absolute Gasteiger partial charge is 0.198 e. The molecule has 0 N–H and O–H groups in total. The molecule has 0 saturated heterocycles. The molecule has 23 heavy (non-hydrogen) atoms. The Morgan fingerprint density at radius 3 is 1.70 bits per heavy atom. The van der Waals surface area contributed by atoms with Crippen LogP contribution in [-0.2, 0) is 6.42 Å². The first-order valence-corrected chi connectivity index (χ1v) is 8.59. The molecular weight excluding hydrogens is 321 g/mol. The molecule has 0 amide bonds. The molecule has 0 unspecified atom stereocenters. The summed E-state index contributed by atoms with van der Waals surface area (Å²) < 4.78 is 0. The number of rotatable bonds is 4. The minimum atomic E-state index is -0.629. The monoisotopic (exact) mass is 337 g/mol. The van der Waals surface area contributed by atoms with Crippen molar-refractivity contribution in [1.29, 1.82) is 5.26 Å². The molecule has 0 aromatic heterocycles. The molecule has 0 fully saturated rings. The van der Waals surface area contributed by atoms with Crippen LogP contribution in [-0.4, -0.2) is 0 Å². The van der Waals surface area contributed by atoms with Crippen LogP contribution in [0.1, 0.15) is 5.56 Å². The highest BCUT2D eigenvalue weighted by Gasteiger charge is 2.18. The first kappa shape index (κ1) is 17.2. The van der Waals surface area contributed by atoms with Crippen LogP contribution in [0.2, 0.25) is 0 Å². The summed E-state index contributed by atoms with van der Waals surface area (Å²) in [7, 11) is -0.629. The fourth-order valence-corrected chi connectivity index (χ4v) is 5.02. The molecule has 0 radical (unpaired) electrons. The van der Waals surface area contributed by atoms with E-state index in [-0.39, 0.29) is 12.4 Å². The Morgan fingerprint density at radius 2 is 1.17 bits per heavy atom. The van der Waals surface area contributed by atoms with Crippen LogP contribution in [0.25, 0.3) is 0 Å². The zero-order valence-corrected chi connectivity index (χ0v) is 14.3. The lowest BCUT2D eigenvalue weighted by Gasteiger charge is -2.21. The van der Waals surface area contributed by atoms with E-state index in [1.165, 1.54) is 15.9 Å². The summed E-state index contributed by atoms with van der Waals surface area (Å²) in [4.78, 5) is 0. The molecule has 114 valence electrons. The maximum atomic E-state index is 9.12. The maximum Gasteiger partial charge on any atom is 0.0669 e. The Balaban J connectivity index is 0.00000192. The molecule has 0 aliphatic carbocycles. The molecule has 0 aliphatic heterocycles. The standard InChI is InChI=1S/C20H16NP.ClH/c21-16-15-17-9-7-8-14-20(17)22(18-10-3-1-4-11-18)19-12-5-2-6-13-19;/h1-14H,15H2;1H.